The number of pyridine rings is 1. The number of carbonyl (C=O) groups is 2. The Morgan fingerprint density at radius 2 is 1.68 bits per heavy atom. The van der Waals surface area contributed by atoms with Gasteiger partial charge in [0.1, 0.15) is 6.10 Å². The lowest BCUT2D eigenvalue weighted by Gasteiger charge is -2.36. The predicted octanol–water partition coefficient (Wildman–Crippen LogP) is 2.82. The van der Waals surface area contributed by atoms with Crippen molar-refractivity contribution in [2.75, 3.05) is 7.05 Å². The SMILES string of the molecule is CN1C2CCC1CC(Oc1ccc(C(F)(F)F)cn1)C2.O=C(O)/C=C/C(=O)O. The van der Waals surface area contributed by atoms with Crippen LogP contribution in [0.2, 0.25) is 0 Å². The van der Waals surface area contributed by atoms with Gasteiger partial charge in [0.25, 0.3) is 0 Å². The van der Waals surface area contributed by atoms with Gasteiger partial charge in [-0.3, -0.25) is 0 Å². The second kappa shape index (κ2) is 9.05. The van der Waals surface area contributed by atoms with Gasteiger partial charge in [-0.05, 0) is 38.8 Å². The van der Waals surface area contributed by atoms with E-state index in [4.69, 9.17) is 14.9 Å². The third kappa shape index (κ3) is 6.22. The first kappa shape index (κ1) is 21.7. The molecule has 2 fully saturated rings. The average Bonchev–Trinajstić information content (AvgIpc) is 2.81. The van der Waals surface area contributed by atoms with Crippen molar-refractivity contribution in [3.63, 3.8) is 0 Å². The standard InChI is InChI=1S/C14H17F3N2O.C4H4O4/c1-19-10-3-4-11(19)7-12(6-10)20-13-5-2-9(8-18-13)14(15,16)17;5-3(6)1-2-4(7)8/h2,5,8,10-12H,3-4,6-7H2,1H3;1-2H,(H,5,6)(H,7,8)/b;2-1+. The molecule has 1 aromatic rings. The highest BCUT2D eigenvalue weighted by Crippen LogP contribution is 2.36. The van der Waals surface area contributed by atoms with E-state index in [9.17, 15) is 22.8 Å². The van der Waals surface area contributed by atoms with Crippen molar-refractivity contribution in [3.8, 4) is 5.88 Å². The van der Waals surface area contributed by atoms with Gasteiger partial charge in [0.05, 0.1) is 5.56 Å². The lowest BCUT2D eigenvalue weighted by molar-refractivity contribution is -0.138. The van der Waals surface area contributed by atoms with E-state index in [0.717, 1.165) is 25.1 Å². The van der Waals surface area contributed by atoms with E-state index in [1.165, 1.54) is 18.9 Å². The van der Waals surface area contributed by atoms with Crippen molar-refractivity contribution < 1.29 is 37.7 Å². The van der Waals surface area contributed by atoms with Crippen LogP contribution in [0.3, 0.4) is 0 Å². The molecule has 2 N–H and O–H groups in total. The lowest BCUT2D eigenvalue weighted by atomic mass is 10.0. The van der Waals surface area contributed by atoms with Crippen molar-refractivity contribution in [1.29, 1.82) is 0 Å². The number of aliphatic carboxylic acids is 2. The second-order valence-corrected chi connectivity index (χ2v) is 6.65. The summed E-state index contributed by atoms with van der Waals surface area (Å²) in [5, 5.41) is 15.6. The number of hydrogen-bond acceptors (Lipinski definition) is 5. The topological polar surface area (TPSA) is 100.0 Å². The van der Waals surface area contributed by atoms with Crippen molar-refractivity contribution in [2.24, 2.45) is 0 Å². The number of fused-ring (bicyclic) bond motifs is 2. The summed E-state index contributed by atoms with van der Waals surface area (Å²) in [6.45, 7) is 0. The molecule has 2 bridgehead atoms. The van der Waals surface area contributed by atoms with Crippen LogP contribution >= 0.6 is 0 Å². The average molecular weight is 402 g/mol. The number of aromatic nitrogens is 1. The Bertz CT molecular complexity index is 691. The fraction of sp³-hybridized carbons (Fsp3) is 0.500. The highest BCUT2D eigenvalue weighted by molar-refractivity contribution is 5.89. The molecule has 28 heavy (non-hydrogen) atoms. The van der Waals surface area contributed by atoms with Gasteiger partial charge in [0.2, 0.25) is 5.88 Å². The highest BCUT2D eigenvalue weighted by atomic mass is 19.4. The predicted molar refractivity (Wildman–Crippen MR) is 91.9 cm³/mol. The summed E-state index contributed by atoms with van der Waals surface area (Å²) in [5.41, 5.74) is -0.742. The number of piperidine rings is 1. The van der Waals surface area contributed by atoms with Gasteiger partial charge in [0, 0.05) is 36.5 Å². The number of carboxylic acid groups (broad SMARTS) is 2. The number of rotatable bonds is 4. The van der Waals surface area contributed by atoms with Gasteiger partial charge in [-0.1, -0.05) is 0 Å². The first-order chi connectivity index (χ1) is 13.1. The van der Waals surface area contributed by atoms with Crippen LogP contribution in [0, 0.1) is 0 Å². The molecule has 0 radical (unpaired) electrons. The molecule has 1 aromatic heterocycles. The molecule has 2 aliphatic heterocycles. The number of hydrogen-bond donors (Lipinski definition) is 2. The van der Waals surface area contributed by atoms with Crippen molar-refractivity contribution >= 4 is 11.9 Å². The third-order valence-electron chi connectivity index (χ3n) is 4.77. The molecule has 154 valence electrons. The Balaban J connectivity index is 0.000000300. The molecule has 3 rings (SSSR count). The van der Waals surface area contributed by atoms with Gasteiger partial charge in [-0.25, -0.2) is 14.6 Å². The van der Waals surface area contributed by atoms with Gasteiger partial charge < -0.3 is 19.8 Å². The molecule has 0 aliphatic carbocycles. The van der Waals surface area contributed by atoms with E-state index in [1.54, 1.807) is 0 Å². The molecular formula is C18H21F3N2O5. The van der Waals surface area contributed by atoms with Crippen molar-refractivity contribution in [3.05, 3.63) is 36.0 Å². The molecule has 2 aliphatic rings. The van der Waals surface area contributed by atoms with E-state index >= 15 is 0 Å². The van der Waals surface area contributed by atoms with Gasteiger partial charge in [0.15, 0.2) is 0 Å². The molecule has 0 saturated carbocycles. The van der Waals surface area contributed by atoms with Crippen LogP contribution in [-0.2, 0) is 15.8 Å². The molecule has 2 atom stereocenters. The second-order valence-electron chi connectivity index (χ2n) is 6.65. The maximum absolute atomic E-state index is 12.4. The summed E-state index contributed by atoms with van der Waals surface area (Å²) in [5.74, 6) is -2.23. The van der Waals surface area contributed by atoms with Gasteiger partial charge >= 0.3 is 18.1 Å². The quantitative estimate of drug-likeness (QED) is 0.747. The summed E-state index contributed by atoms with van der Waals surface area (Å²) < 4.78 is 43.1. The van der Waals surface area contributed by atoms with Crippen LogP contribution in [-0.4, -0.2) is 57.3 Å². The molecule has 0 spiro atoms. The maximum Gasteiger partial charge on any atom is 0.417 e. The number of nitrogens with zero attached hydrogens (tertiary/aromatic N) is 2. The number of halogens is 3. The third-order valence-corrected chi connectivity index (χ3v) is 4.77. The largest absolute Gasteiger partial charge is 0.478 e. The van der Waals surface area contributed by atoms with E-state index < -0.39 is 23.7 Å². The minimum absolute atomic E-state index is 0.0629. The fourth-order valence-corrected chi connectivity index (χ4v) is 3.39. The molecule has 2 unspecified atom stereocenters. The molecule has 0 aromatic carbocycles. The first-order valence-corrected chi connectivity index (χ1v) is 8.62. The van der Waals surface area contributed by atoms with E-state index in [2.05, 4.69) is 16.9 Å². The minimum Gasteiger partial charge on any atom is -0.478 e. The number of alkyl halides is 3. The zero-order chi connectivity index (χ0) is 20.9. The van der Waals surface area contributed by atoms with Gasteiger partial charge in [-0.2, -0.15) is 13.2 Å². The summed E-state index contributed by atoms with van der Waals surface area (Å²) in [6, 6.07) is 3.40. The molecular weight excluding hydrogens is 381 g/mol. The smallest absolute Gasteiger partial charge is 0.417 e. The summed E-state index contributed by atoms with van der Waals surface area (Å²) >= 11 is 0. The zero-order valence-corrected chi connectivity index (χ0v) is 15.1. The van der Waals surface area contributed by atoms with Crippen LogP contribution in [0.5, 0.6) is 5.88 Å². The zero-order valence-electron chi connectivity index (χ0n) is 15.1. The van der Waals surface area contributed by atoms with Crippen LogP contribution in [0.25, 0.3) is 0 Å². The Labute approximate surface area is 159 Å². The molecule has 10 heteroatoms. The Hall–Kier alpha value is -2.62. The Morgan fingerprint density at radius 1 is 1.14 bits per heavy atom. The lowest BCUT2D eigenvalue weighted by Crippen LogP contribution is -2.43. The highest BCUT2D eigenvalue weighted by Gasteiger charge is 2.39. The van der Waals surface area contributed by atoms with E-state index in [0.29, 0.717) is 24.2 Å². The summed E-state index contributed by atoms with van der Waals surface area (Å²) in [4.78, 5) is 25.3. The van der Waals surface area contributed by atoms with Crippen LogP contribution in [0.4, 0.5) is 13.2 Å². The number of ether oxygens (including phenoxy) is 1. The van der Waals surface area contributed by atoms with Crippen LogP contribution < -0.4 is 4.74 Å². The minimum atomic E-state index is -4.35. The van der Waals surface area contributed by atoms with E-state index in [-0.39, 0.29) is 12.0 Å². The van der Waals surface area contributed by atoms with Crippen LogP contribution in [0.1, 0.15) is 31.2 Å². The molecule has 7 nitrogen and oxygen atoms in total. The maximum atomic E-state index is 12.4. The first-order valence-electron chi connectivity index (χ1n) is 8.62. The van der Waals surface area contributed by atoms with Crippen molar-refractivity contribution in [2.45, 2.75) is 50.0 Å². The number of carboxylic acids is 2. The Kier molecular flexibility index (Phi) is 7.00. The van der Waals surface area contributed by atoms with Gasteiger partial charge in [-0.15, -0.1) is 0 Å². The van der Waals surface area contributed by atoms with E-state index in [1.807, 2.05) is 0 Å². The monoisotopic (exact) mass is 402 g/mol. The van der Waals surface area contributed by atoms with Crippen LogP contribution in [0.15, 0.2) is 30.5 Å². The normalized spacial score (nSPS) is 24.5. The molecule has 3 heterocycles. The Morgan fingerprint density at radius 3 is 2.07 bits per heavy atom. The van der Waals surface area contributed by atoms with Crippen molar-refractivity contribution in [1.82, 2.24) is 9.88 Å². The fourth-order valence-electron chi connectivity index (χ4n) is 3.39. The molecule has 0 amide bonds. The summed E-state index contributed by atoms with van der Waals surface area (Å²) in [7, 11) is 2.13. The molecule has 2 saturated heterocycles. The summed E-state index contributed by atoms with van der Waals surface area (Å²) in [6.07, 6.45) is 1.88.